The van der Waals surface area contributed by atoms with Crippen LogP contribution in [-0.2, 0) is 0 Å². The predicted octanol–water partition coefficient (Wildman–Crippen LogP) is 5.77. The van der Waals surface area contributed by atoms with Gasteiger partial charge >= 0.3 is 0 Å². The molecule has 0 aliphatic heterocycles. The lowest BCUT2D eigenvalue weighted by Crippen LogP contribution is -1.77. The third-order valence-electron chi connectivity index (χ3n) is 3.13. The molecule has 3 aromatic carbocycles. The average Bonchev–Trinajstić information content (AvgIpc) is 2.45. The number of rotatable bonds is 2. The minimum Gasteiger partial charge on any atom is -0.0616 e. The van der Waals surface area contributed by atoms with Crippen LogP contribution in [0.25, 0.3) is 22.9 Å². The Bertz CT molecular complexity index is 736. The summed E-state index contributed by atoms with van der Waals surface area (Å²) in [5.41, 5.74) is 2.44. The van der Waals surface area contributed by atoms with Crippen molar-refractivity contribution in [3.8, 4) is 0 Å². The zero-order chi connectivity index (χ0) is 13.1. The number of benzene rings is 3. The van der Waals surface area contributed by atoms with Gasteiger partial charge in [-0.15, -0.1) is 0 Å². The second-order valence-electron chi connectivity index (χ2n) is 4.46. The van der Waals surface area contributed by atoms with Crippen LogP contribution >= 0.6 is 15.9 Å². The third kappa shape index (κ3) is 2.77. The maximum Gasteiger partial charge on any atom is 0.0181 e. The van der Waals surface area contributed by atoms with Gasteiger partial charge in [-0.3, -0.25) is 0 Å². The molecule has 0 aliphatic rings. The first-order chi connectivity index (χ1) is 9.33. The molecule has 0 saturated heterocycles. The van der Waals surface area contributed by atoms with E-state index in [9.17, 15) is 0 Å². The average molecular weight is 309 g/mol. The molecule has 3 rings (SSSR count). The highest BCUT2D eigenvalue weighted by Gasteiger charge is 1.96. The van der Waals surface area contributed by atoms with E-state index in [4.69, 9.17) is 0 Å². The smallest absolute Gasteiger partial charge is 0.0181 e. The van der Waals surface area contributed by atoms with E-state index in [1.165, 1.54) is 21.9 Å². The molecule has 92 valence electrons. The molecular weight excluding hydrogens is 296 g/mol. The van der Waals surface area contributed by atoms with E-state index in [0.29, 0.717) is 0 Å². The van der Waals surface area contributed by atoms with Gasteiger partial charge in [-0.2, -0.15) is 0 Å². The van der Waals surface area contributed by atoms with E-state index >= 15 is 0 Å². The highest BCUT2D eigenvalue weighted by Crippen LogP contribution is 2.21. The fourth-order valence-corrected chi connectivity index (χ4v) is 2.61. The van der Waals surface area contributed by atoms with Crippen LogP contribution in [0.4, 0.5) is 0 Å². The fourth-order valence-electron chi connectivity index (χ4n) is 2.19. The zero-order valence-corrected chi connectivity index (χ0v) is 12.0. The lowest BCUT2D eigenvalue weighted by atomic mass is 10.0. The summed E-state index contributed by atoms with van der Waals surface area (Å²) in [4.78, 5) is 0. The van der Waals surface area contributed by atoms with Crippen LogP contribution in [0, 0.1) is 0 Å². The minimum absolute atomic E-state index is 1.10. The van der Waals surface area contributed by atoms with Crippen LogP contribution in [0.2, 0.25) is 0 Å². The maximum absolute atomic E-state index is 3.49. The lowest BCUT2D eigenvalue weighted by Gasteiger charge is -2.01. The van der Waals surface area contributed by atoms with Crippen LogP contribution in [0.5, 0.6) is 0 Å². The zero-order valence-electron chi connectivity index (χ0n) is 10.4. The van der Waals surface area contributed by atoms with Gasteiger partial charge < -0.3 is 0 Å². The molecule has 3 aromatic rings. The molecule has 0 nitrogen and oxygen atoms in total. The summed E-state index contributed by atoms with van der Waals surface area (Å²) in [6.45, 7) is 0. The molecule has 0 fully saturated rings. The fraction of sp³-hybridized carbons (Fsp3) is 0. The Morgan fingerprint density at radius 2 is 1.53 bits per heavy atom. The van der Waals surface area contributed by atoms with Gasteiger partial charge in [-0.25, -0.2) is 0 Å². The van der Waals surface area contributed by atoms with Crippen molar-refractivity contribution in [1.82, 2.24) is 0 Å². The molecule has 0 radical (unpaired) electrons. The molecule has 0 amide bonds. The Balaban J connectivity index is 2.02. The maximum atomic E-state index is 3.49. The summed E-state index contributed by atoms with van der Waals surface area (Å²) >= 11 is 3.49. The third-order valence-corrected chi connectivity index (χ3v) is 3.62. The Morgan fingerprint density at radius 3 is 2.42 bits per heavy atom. The van der Waals surface area contributed by atoms with Gasteiger partial charge in [0.15, 0.2) is 0 Å². The van der Waals surface area contributed by atoms with Gasteiger partial charge in [-0.1, -0.05) is 82.7 Å². The van der Waals surface area contributed by atoms with Gasteiger partial charge in [0.05, 0.1) is 0 Å². The van der Waals surface area contributed by atoms with Crippen LogP contribution in [0.15, 0.2) is 71.2 Å². The molecule has 0 heterocycles. The van der Waals surface area contributed by atoms with Gasteiger partial charge in [0.25, 0.3) is 0 Å². The Kier molecular flexibility index (Phi) is 3.47. The Hall–Kier alpha value is -1.86. The van der Waals surface area contributed by atoms with E-state index < -0.39 is 0 Å². The van der Waals surface area contributed by atoms with E-state index in [2.05, 4.69) is 82.7 Å². The summed E-state index contributed by atoms with van der Waals surface area (Å²) in [6, 6.07) is 23.2. The first-order valence-electron chi connectivity index (χ1n) is 6.24. The minimum atomic E-state index is 1.10. The van der Waals surface area contributed by atoms with Crippen LogP contribution in [0.3, 0.4) is 0 Å². The summed E-state index contributed by atoms with van der Waals surface area (Å²) in [5, 5.41) is 2.56. The number of halogens is 1. The summed E-state index contributed by atoms with van der Waals surface area (Å²) in [7, 11) is 0. The van der Waals surface area contributed by atoms with Crippen molar-refractivity contribution in [2.24, 2.45) is 0 Å². The van der Waals surface area contributed by atoms with Crippen molar-refractivity contribution < 1.29 is 0 Å². The second-order valence-corrected chi connectivity index (χ2v) is 5.37. The summed E-state index contributed by atoms with van der Waals surface area (Å²) in [6.07, 6.45) is 4.32. The topological polar surface area (TPSA) is 0 Å². The monoisotopic (exact) mass is 308 g/mol. The molecule has 0 atom stereocenters. The van der Waals surface area contributed by atoms with E-state index in [-0.39, 0.29) is 0 Å². The summed E-state index contributed by atoms with van der Waals surface area (Å²) in [5.74, 6) is 0. The van der Waals surface area contributed by atoms with Crippen LogP contribution < -0.4 is 0 Å². The number of hydrogen-bond donors (Lipinski definition) is 0. The lowest BCUT2D eigenvalue weighted by molar-refractivity contribution is 1.61. The van der Waals surface area contributed by atoms with Gasteiger partial charge in [0.1, 0.15) is 0 Å². The molecule has 0 unspecified atom stereocenters. The van der Waals surface area contributed by atoms with Crippen LogP contribution in [0.1, 0.15) is 11.1 Å². The van der Waals surface area contributed by atoms with Crippen molar-refractivity contribution in [1.29, 1.82) is 0 Å². The molecule has 0 bridgehead atoms. The first kappa shape index (κ1) is 12.2. The largest absolute Gasteiger partial charge is 0.0616 e. The molecule has 1 heteroatoms. The highest BCUT2D eigenvalue weighted by atomic mass is 79.9. The SMILES string of the molecule is Brc1cccc(C=Cc2cccc3ccccc23)c1. The molecule has 0 saturated carbocycles. The molecule has 0 aliphatic carbocycles. The standard InChI is InChI=1S/C18H13Br/c19-17-9-3-5-14(13-17)11-12-16-8-4-7-15-6-1-2-10-18(15)16/h1-13H. The van der Waals surface area contributed by atoms with Crippen molar-refractivity contribution in [3.05, 3.63) is 82.3 Å². The van der Waals surface area contributed by atoms with Gasteiger partial charge in [0, 0.05) is 4.47 Å². The van der Waals surface area contributed by atoms with Crippen molar-refractivity contribution in [2.75, 3.05) is 0 Å². The van der Waals surface area contributed by atoms with E-state index in [1.807, 2.05) is 12.1 Å². The molecule has 0 spiro atoms. The van der Waals surface area contributed by atoms with E-state index in [0.717, 1.165) is 4.47 Å². The van der Waals surface area contributed by atoms with Crippen molar-refractivity contribution in [2.45, 2.75) is 0 Å². The molecule has 19 heavy (non-hydrogen) atoms. The molecule has 0 aromatic heterocycles. The highest BCUT2D eigenvalue weighted by molar-refractivity contribution is 9.10. The van der Waals surface area contributed by atoms with Crippen molar-refractivity contribution >= 4 is 38.9 Å². The Morgan fingerprint density at radius 1 is 0.737 bits per heavy atom. The number of fused-ring (bicyclic) bond motifs is 1. The van der Waals surface area contributed by atoms with Crippen molar-refractivity contribution in [3.63, 3.8) is 0 Å². The van der Waals surface area contributed by atoms with Gasteiger partial charge in [0.2, 0.25) is 0 Å². The molecule has 0 N–H and O–H groups in total. The van der Waals surface area contributed by atoms with Gasteiger partial charge in [-0.05, 0) is 34.0 Å². The Labute approximate surface area is 121 Å². The summed E-state index contributed by atoms with van der Waals surface area (Å²) < 4.78 is 1.10. The van der Waals surface area contributed by atoms with E-state index in [1.54, 1.807) is 0 Å². The predicted molar refractivity (Wildman–Crippen MR) is 87.0 cm³/mol. The quantitative estimate of drug-likeness (QED) is 0.527. The van der Waals surface area contributed by atoms with Crippen LogP contribution in [-0.4, -0.2) is 0 Å². The second kappa shape index (κ2) is 5.41. The normalized spacial score (nSPS) is 11.2. The number of hydrogen-bond acceptors (Lipinski definition) is 0. The molecular formula is C18H13Br. The first-order valence-corrected chi connectivity index (χ1v) is 7.04.